The van der Waals surface area contributed by atoms with Crippen molar-refractivity contribution in [3.63, 3.8) is 0 Å². The third-order valence-electron chi connectivity index (χ3n) is 1.87. The fourth-order valence-corrected chi connectivity index (χ4v) is 1.20. The van der Waals surface area contributed by atoms with Gasteiger partial charge >= 0.3 is 21.1 Å². The monoisotopic (exact) mass is 355 g/mol. The van der Waals surface area contributed by atoms with Crippen LogP contribution in [0.2, 0.25) is 0 Å². The summed E-state index contributed by atoms with van der Waals surface area (Å²) < 4.78 is 10.9. The summed E-state index contributed by atoms with van der Waals surface area (Å²) in [6, 6.07) is 0. The summed E-state index contributed by atoms with van der Waals surface area (Å²) in [4.78, 5) is 0. The summed E-state index contributed by atoms with van der Waals surface area (Å²) >= 11 is 0. The van der Waals surface area contributed by atoms with E-state index in [0.29, 0.717) is 13.1 Å². The number of ether oxygens (including phenoxy) is 2. The number of rotatable bonds is 3. The Labute approximate surface area is 87.2 Å². The third-order valence-corrected chi connectivity index (χ3v) is 1.87. The molecule has 0 aliphatic carbocycles. The third kappa shape index (κ3) is 2.78. The van der Waals surface area contributed by atoms with Crippen LogP contribution in [0.3, 0.4) is 0 Å². The van der Waals surface area contributed by atoms with Crippen molar-refractivity contribution in [1.82, 2.24) is 0 Å². The van der Waals surface area contributed by atoms with E-state index in [1.165, 1.54) is 0 Å². The molecular formula is C7H16N2O2Pt+2. The average molecular weight is 355 g/mol. The van der Waals surface area contributed by atoms with E-state index < -0.39 is 0 Å². The van der Waals surface area contributed by atoms with Gasteiger partial charge in [-0.3, -0.25) is 0 Å². The Hall–Kier alpha value is 0.528. The quantitative estimate of drug-likeness (QED) is 0.711. The summed E-state index contributed by atoms with van der Waals surface area (Å²) in [5.74, 6) is 0. The van der Waals surface area contributed by atoms with Gasteiger partial charge in [0, 0.05) is 13.1 Å². The molecule has 4 nitrogen and oxygen atoms in total. The molecule has 0 unspecified atom stereocenters. The molecule has 0 radical (unpaired) electrons. The molecule has 74 valence electrons. The average Bonchev–Trinajstić information content (AvgIpc) is 2.46. The number of hydrogen-bond donors (Lipinski definition) is 2. The van der Waals surface area contributed by atoms with Gasteiger partial charge in [0.1, 0.15) is 12.2 Å². The van der Waals surface area contributed by atoms with Crippen LogP contribution in [0.25, 0.3) is 0 Å². The summed E-state index contributed by atoms with van der Waals surface area (Å²) in [6.07, 6.45) is 0.736. The molecule has 0 aromatic carbocycles. The van der Waals surface area contributed by atoms with Gasteiger partial charge in [-0.05, 0) is 6.42 Å². The minimum atomic E-state index is -0.0999. The first-order valence-corrected chi connectivity index (χ1v) is 4.02. The Bertz CT molecular complexity index is 114. The Morgan fingerprint density at radius 1 is 1.08 bits per heavy atom. The summed E-state index contributed by atoms with van der Waals surface area (Å²) in [5, 5.41) is 0. The fourth-order valence-electron chi connectivity index (χ4n) is 1.20. The van der Waals surface area contributed by atoms with E-state index >= 15 is 0 Å². The van der Waals surface area contributed by atoms with Crippen molar-refractivity contribution in [1.29, 1.82) is 0 Å². The maximum Gasteiger partial charge on any atom is 2.00 e. The van der Waals surface area contributed by atoms with Crippen LogP contribution in [0.5, 0.6) is 0 Å². The zero-order chi connectivity index (χ0) is 8.27. The molecule has 1 rings (SSSR count). The van der Waals surface area contributed by atoms with Gasteiger partial charge in [0.15, 0.2) is 6.29 Å². The van der Waals surface area contributed by atoms with Crippen molar-refractivity contribution in [3.8, 4) is 0 Å². The van der Waals surface area contributed by atoms with E-state index in [-0.39, 0.29) is 39.6 Å². The van der Waals surface area contributed by atoms with Crippen molar-refractivity contribution in [2.45, 2.75) is 31.8 Å². The molecule has 1 saturated heterocycles. The van der Waals surface area contributed by atoms with Crippen LogP contribution in [-0.4, -0.2) is 31.6 Å². The Morgan fingerprint density at radius 2 is 1.50 bits per heavy atom. The molecule has 0 aromatic heterocycles. The minimum absolute atomic E-state index is 0. The molecular weight excluding hydrogens is 339 g/mol. The molecule has 2 atom stereocenters. The Balaban J connectivity index is 0.00000121. The second kappa shape index (κ2) is 6.05. The normalized spacial score (nSPS) is 30.2. The predicted octanol–water partition coefficient (Wildman–Crippen LogP) is -0.579. The first kappa shape index (κ1) is 12.5. The van der Waals surface area contributed by atoms with Crippen LogP contribution < -0.4 is 11.5 Å². The fraction of sp³-hybridized carbons (Fsp3) is 1.00. The molecule has 1 aliphatic heterocycles. The second-order valence-electron chi connectivity index (χ2n) is 2.66. The van der Waals surface area contributed by atoms with Crippen LogP contribution in [0.4, 0.5) is 0 Å². The summed E-state index contributed by atoms with van der Waals surface area (Å²) in [6.45, 7) is 2.98. The number of hydrogen-bond acceptors (Lipinski definition) is 4. The maximum absolute atomic E-state index is 5.46. The van der Waals surface area contributed by atoms with Gasteiger partial charge in [0.05, 0.1) is 0 Å². The van der Waals surface area contributed by atoms with E-state index in [1.54, 1.807) is 0 Å². The van der Waals surface area contributed by atoms with Gasteiger partial charge < -0.3 is 20.9 Å². The summed E-state index contributed by atoms with van der Waals surface area (Å²) in [5.41, 5.74) is 10.9. The van der Waals surface area contributed by atoms with Crippen LogP contribution in [0.15, 0.2) is 0 Å². The first-order valence-electron chi connectivity index (χ1n) is 4.02. The van der Waals surface area contributed by atoms with Crippen molar-refractivity contribution < 1.29 is 30.5 Å². The molecule has 0 aromatic rings. The maximum atomic E-state index is 5.46. The Morgan fingerprint density at radius 3 is 1.75 bits per heavy atom. The first-order chi connectivity index (χ1) is 5.31. The SMILES string of the molecule is CCC1O[C@H](CN)[C@@H](CN)O1.[Pt+2]. The minimum Gasteiger partial charge on any atom is -0.345 e. The van der Waals surface area contributed by atoms with Gasteiger partial charge in [0.2, 0.25) is 0 Å². The van der Waals surface area contributed by atoms with Crippen LogP contribution >= 0.6 is 0 Å². The van der Waals surface area contributed by atoms with Gasteiger partial charge in [-0.1, -0.05) is 6.92 Å². The van der Waals surface area contributed by atoms with Crippen molar-refractivity contribution in [2.75, 3.05) is 13.1 Å². The largest absolute Gasteiger partial charge is 2.00 e. The number of nitrogens with two attached hydrogens (primary N) is 2. The molecule has 1 aliphatic rings. The molecule has 1 heterocycles. The molecule has 0 bridgehead atoms. The van der Waals surface area contributed by atoms with E-state index in [1.807, 2.05) is 6.92 Å². The molecule has 5 heteroatoms. The molecule has 12 heavy (non-hydrogen) atoms. The van der Waals surface area contributed by atoms with Crippen molar-refractivity contribution in [3.05, 3.63) is 0 Å². The van der Waals surface area contributed by atoms with E-state index in [0.717, 1.165) is 6.42 Å². The van der Waals surface area contributed by atoms with E-state index in [2.05, 4.69) is 0 Å². The van der Waals surface area contributed by atoms with Crippen molar-refractivity contribution >= 4 is 0 Å². The van der Waals surface area contributed by atoms with Crippen LogP contribution in [-0.2, 0) is 30.5 Å². The van der Waals surface area contributed by atoms with Gasteiger partial charge in [-0.25, -0.2) is 0 Å². The predicted molar refractivity (Wildman–Crippen MR) is 41.9 cm³/mol. The zero-order valence-corrected chi connectivity index (χ0v) is 9.41. The molecule has 0 saturated carbocycles. The standard InChI is InChI=1S/C7H16N2O2.Pt/c1-2-7-10-5(3-8)6(4-9)11-7;/h5-7H,2-4,8-9H2,1H3;/q;+2/t5-,6-;/m1./s1. The molecule has 4 N–H and O–H groups in total. The topological polar surface area (TPSA) is 70.5 Å². The zero-order valence-electron chi connectivity index (χ0n) is 7.14. The molecule has 1 fully saturated rings. The van der Waals surface area contributed by atoms with Gasteiger partial charge in [-0.15, -0.1) is 0 Å². The van der Waals surface area contributed by atoms with Gasteiger partial charge in [-0.2, -0.15) is 0 Å². The van der Waals surface area contributed by atoms with E-state index in [4.69, 9.17) is 20.9 Å². The second-order valence-corrected chi connectivity index (χ2v) is 2.66. The van der Waals surface area contributed by atoms with E-state index in [9.17, 15) is 0 Å². The summed E-state index contributed by atoms with van der Waals surface area (Å²) in [7, 11) is 0. The van der Waals surface area contributed by atoms with Gasteiger partial charge in [0.25, 0.3) is 0 Å². The molecule has 0 amide bonds. The smallest absolute Gasteiger partial charge is 0.345 e. The van der Waals surface area contributed by atoms with Crippen LogP contribution in [0.1, 0.15) is 13.3 Å². The molecule has 0 spiro atoms. The Kier molecular flexibility index (Phi) is 6.32. The van der Waals surface area contributed by atoms with Crippen LogP contribution in [0, 0.1) is 0 Å². The van der Waals surface area contributed by atoms with Crippen molar-refractivity contribution in [2.24, 2.45) is 11.5 Å².